The van der Waals surface area contributed by atoms with Crippen molar-refractivity contribution in [1.82, 2.24) is 30.0 Å². The Kier molecular flexibility index (Phi) is 5.99. The van der Waals surface area contributed by atoms with Crippen LogP contribution in [0.4, 0.5) is 32.6 Å². The Morgan fingerprint density at radius 1 is 1.12 bits per heavy atom. The van der Waals surface area contributed by atoms with Crippen LogP contribution in [0.3, 0.4) is 0 Å². The minimum absolute atomic E-state index is 0.0677. The number of halogens is 5. The van der Waals surface area contributed by atoms with E-state index in [9.17, 15) is 35.2 Å². The van der Waals surface area contributed by atoms with Crippen molar-refractivity contribution >= 4 is 32.9 Å². The van der Waals surface area contributed by atoms with Crippen LogP contribution >= 0.6 is 0 Å². The molecule has 0 spiro atoms. The molecule has 0 atom stereocenters. The van der Waals surface area contributed by atoms with E-state index in [2.05, 4.69) is 30.8 Å². The molecule has 0 saturated heterocycles. The fourth-order valence-corrected chi connectivity index (χ4v) is 3.78. The van der Waals surface area contributed by atoms with Crippen molar-refractivity contribution in [3.63, 3.8) is 0 Å². The average Bonchev–Trinajstić information content (AvgIpc) is 3.08. The number of amides is 2. The maximum Gasteiger partial charge on any atom is 0.459 e. The molecule has 10 nitrogen and oxygen atoms in total. The first kappa shape index (κ1) is 24.2. The number of rotatable bonds is 5. The van der Waals surface area contributed by atoms with Gasteiger partial charge < -0.3 is 9.88 Å². The van der Waals surface area contributed by atoms with E-state index in [1.807, 2.05) is 0 Å². The molecule has 3 rings (SSSR count). The summed E-state index contributed by atoms with van der Waals surface area (Å²) in [4.78, 5) is 19.4. The van der Waals surface area contributed by atoms with Gasteiger partial charge in [-0.1, -0.05) is 6.92 Å². The lowest BCUT2D eigenvalue weighted by molar-refractivity contribution is -0.291. The largest absolute Gasteiger partial charge is 0.459 e. The number of alkyl halides is 5. The monoisotopic (exact) mass is 493 g/mol. The lowest BCUT2D eigenvalue weighted by atomic mass is 10.2. The summed E-state index contributed by atoms with van der Waals surface area (Å²) in [5, 5.41) is 11.0. The van der Waals surface area contributed by atoms with Crippen molar-refractivity contribution in [2.45, 2.75) is 23.9 Å². The number of urea groups is 1. The van der Waals surface area contributed by atoms with E-state index in [1.54, 1.807) is 0 Å². The molecule has 3 aromatic rings. The molecule has 0 aliphatic rings. The van der Waals surface area contributed by atoms with Crippen LogP contribution in [-0.2, 0) is 22.8 Å². The van der Waals surface area contributed by atoms with Gasteiger partial charge in [0.2, 0.25) is 0 Å². The smallest absolute Gasteiger partial charge is 0.341 e. The van der Waals surface area contributed by atoms with Gasteiger partial charge in [-0.15, -0.1) is 10.2 Å². The predicted octanol–water partition coefficient (Wildman–Crippen LogP) is 2.62. The number of sulfone groups is 1. The number of nitrogens with one attached hydrogen (secondary N) is 2. The summed E-state index contributed by atoms with van der Waals surface area (Å²) in [5.74, 6) is -5.88. The highest BCUT2D eigenvalue weighted by Crippen LogP contribution is 2.43. The molecule has 0 fully saturated rings. The molecule has 178 valence electrons. The van der Waals surface area contributed by atoms with Crippen LogP contribution in [0.2, 0.25) is 0 Å². The highest BCUT2D eigenvalue weighted by Gasteiger charge is 2.60. The number of fused-ring (bicyclic) bond motifs is 1. The number of carbonyl (C=O) groups is 1. The highest BCUT2D eigenvalue weighted by molar-refractivity contribution is 7.91. The van der Waals surface area contributed by atoms with Gasteiger partial charge in [-0.25, -0.2) is 23.2 Å². The molecular formula is C17H16F5N7O3S. The van der Waals surface area contributed by atoms with E-state index in [0.29, 0.717) is 6.07 Å². The van der Waals surface area contributed by atoms with Crippen molar-refractivity contribution < 1.29 is 35.2 Å². The number of aromatic nitrogens is 5. The Bertz CT molecular complexity index is 1340. The summed E-state index contributed by atoms with van der Waals surface area (Å²) < 4.78 is 91.8. The molecule has 0 radical (unpaired) electrons. The summed E-state index contributed by atoms with van der Waals surface area (Å²) >= 11 is 0. The van der Waals surface area contributed by atoms with Crippen molar-refractivity contribution in [3.8, 4) is 11.5 Å². The summed E-state index contributed by atoms with van der Waals surface area (Å²) in [6.45, 7) is 1.38. The molecule has 3 aromatic heterocycles. The van der Waals surface area contributed by atoms with Gasteiger partial charge >= 0.3 is 18.1 Å². The lowest BCUT2D eigenvalue weighted by Crippen LogP contribution is -2.34. The zero-order chi connectivity index (χ0) is 24.8. The van der Waals surface area contributed by atoms with E-state index in [0.717, 1.165) is 4.57 Å². The van der Waals surface area contributed by atoms with Crippen LogP contribution in [0, 0.1) is 0 Å². The number of hydrogen-bond acceptors (Lipinski definition) is 7. The van der Waals surface area contributed by atoms with E-state index in [4.69, 9.17) is 0 Å². The fraction of sp³-hybridized carbons (Fsp3) is 0.353. The van der Waals surface area contributed by atoms with Crippen molar-refractivity contribution in [3.05, 3.63) is 23.9 Å². The van der Waals surface area contributed by atoms with Gasteiger partial charge in [-0.3, -0.25) is 5.32 Å². The third-order valence-corrected chi connectivity index (χ3v) is 6.31. The summed E-state index contributed by atoms with van der Waals surface area (Å²) in [6.07, 6.45) is -5.91. The SMILES string of the molecule is CCS(=O)(=O)c1ccc(NC(=O)NC)nc1-c1nc2cc(C(F)(F)C(F)(F)F)nnc2n1C. The van der Waals surface area contributed by atoms with E-state index in [-0.39, 0.29) is 33.6 Å². The summed E-state index contributed by atoms with van der Waals surface area (Å²) in [7, 11) is -1.22. The van der Waals surface area contributed by atoms with Gasteiger partial charge in [0.1, 0.15) is 22.7 Å². The first-order chi connectivity index (χ1) is 15.2. The maximum atomic E-state index is 13.7. The molecule has 0 saturated carbocycles. The van der Waals surface area contributed by atoms with Gasteiger partial charge in [0.05, 0.1) is 10.6 Å². The summed E-state index contributed by atoms with van der Waals surface area (Å²) in [6, 6.07) is 2.15. The second-order valence-electron chi connectivity index (χ2n) is 6.66. The third kappa shape index (κ3) is 4.29. The Labute approximate surface area is 183 Å². The van der Waals surface area contributed by atoms with Gasteiger partial charge in [-0.05, 0) is 18.2 Å². The van der Waals surface area contributed by atoms with Crippen LogP contribution in [0.5, 0.6) is 0 Å². The molecule has 3 heterocycles. The zero-order valence-corrected chi connectivity index (χ0v) is 18.0. The van der Waals surface area contributed by atoms with Crippen LogP contribution in [0.25, 0.3) is 22.7 Å². The van der Waals surface area contributed by atoms with Crippen LogP contribution < -0.4 is 10.6 Å². The number of hydrogen-bond donors (Lipinski definition) is 2. The predicted molar refractivity (Wildman–Crippen MR) is 105 cm³/mol. The molecule has 0 aromatic carbocycles. The maximum absolute atomic E-state index is 13.7. The standard InChI is InChI=1S/C17H16F5N7O3S/c1-4-33(31,32)9-5-6-11(26-15(30)23-2)25-12(9)14-24-8-7-10(16(18,19)17(20,21)22)27-28-13(8)29(14)3/h5-7H,4H2,1-3H3,(H2,23,25,26,30). The molecule has 2 amide bonds. The van der Waals surface area contributed by atoms with Crippen LogP contribution in [0.1, 0.15) is 12.6 Å². The second-order valence-corrected chi connectivity index (χ2v) is 8.90. The van der Waals surface area contributed by atoms with E-state index < -0.39 is 39.2 Å². The van der Waals surface area contributed by atoms with Gasteiger partial charge in [0.25, 0.3) is 0 Å². The van der Waals surface area contributed by atoms with Gasteiger partial charge in [0.15, 0.2) is 21.3 Å². The highest BCUT2D eigenvalue weighted by atomic mass is 32.2. The minimum Gasteiger partial charge on any atom is -0.341 e. The molecular weight excluding hydrogens is 477 g/mol. The normalized spacial score (nSPS) is 12.7. The topological polar surface area (TPSA) is 132 Å². The number of imidazole rings is 1. The zero-order valence-electron chi connectivity index (χ0n) is 17.2. The molecule has 33 heavy (non-hydrogen) atoms. The number of aryl methyl sites for hydroxylation is 1. The number of carbonyl (C=O) groups excluding carboxylic acids is 1. The average molecular weight is 493 g/mol. The van der Waals surface area contributed by atoms with E-state index in [1.165, 1.54) is 33.2 Å². The second kappa shape index (κ2) is 8.17. The van der Waals surface area contributed by atoms with Gasteiger partial charge in [-0.2, -0.15) is 22.0 Å². The molecule has 0 aliphatic carbocycles. The summed E-state index contributed by atoms with van der Waals surface area (Å²) in [5.41, 5.74) is -2.53. The Morgan fingerprint density at radius 3 is 2.36 bits per heavy atom. The molecule has 16 heteroatoms. The fourth-order valence-electron chi connectivity index (χ4n) is 2.76. The van der Waals surface area contributed by atoms with E-state index >= 15 is 0 Å². The Morgan fingerprint density at radius 2 is 1.79 bits per heavy atom. The third-order valence-electron chi connectivity index (χ3n) is 4.55. The van der Waals surface area contributed by atoms with Crippen molar-refractivity contribution in [2.75, 3.05) is 18.1 Å². The van der Waals surface area contributed by atoms with Crippen LogP contribution in [-0.4, -0.2) is 58.2 Å². The number of pyridine rings is 1. The Balaban J connectivity index is 2.25. The quantitative estimate of drug-likeness (QED) is 0.523. The molecule has 0 aliphatic heterocycles. The minimum atomic E-state index is -5.91. The van der Waals surface area contributed by atoms with Crippen molar-refractivity contribution in [2.24, 2.45) is 7.05 Å². The lowest BCUT2D eigenvalue weighted by Gasteiger charge is -2.17. The van der Waals surface area contributed by atoms with Crippen molar-refractivity contribution in [1.29, 1.82) is 0 Å². The number of anilines is 1. The first-order valence-corrected chi connectivity index (χ1v) is 10.8. The molecule has 2 N–H and O–H groups in total. The van der Waals surface area contributed by atoms with Gasteiger partial charge in [0, 0.05) is 14.1 Å². The first-order valence-electron chi connectivity index (χ1n) is 9.11. The Hall–Kier alpha value is -3.43. The van der Waals surface area contributed by atoms with Crippen LogP contribution in [0.15, 0.2) is 23.1 Å². The molecule has 0 unspecified atom stereocenters. The number of nitrogens with zero attached hydrogens (tertiary/aromatic N) is 5. The molecule has 0 bridgehead atoms.